The van der Waals surface area contributed by atoms with Gasteiger partial charge < -0.3 is 10.6 Å². The zero-order valence-corrected chi connectivity index (χ0v) is 15.0. The van der Waals surface area contributed by atoms with E-state index in [1.54, 1.807) is 6.08 Å². The van der Waals surface area contributed by atoms with Crippen LogP contribution < -0.4 is 10.6 Å². The molecule has 1 aromatic heterocycles. The number of amides is 1. The lowest BCUT2D eigenvalue weighted by Crippen LogP contribution is -2.15. The summed E-state index contributed by atoms with van der Waals surface area (Å²) in [6, 6.07) is 2.74. The topological polar surface area (TPSA) is 66.9 Å². The number of nitrogens with zero attached hydrogens (tertiary/aromatic N) is 2. The van der Waals surface area contributed by atoms with Crippen molar-refractivity contribution >= 4 is 51.4 Å². The second-order valence-corrected chi connectivity index (χ2v) is 7.18. The van der Waals surface area contributed by atoms with Crippen LogP contribution in [0.5, 0.6) is 0 Å². The minimum Gasteiger partial charge on any atom is -0.357 e. The fraction of sp³-hybridized carbons (Fsp3) is 0.214. The molecule has 0 aliphatic carbocycles. The second kappa shape index (κ2) is 8.54. The highest BCUT2D eigenvalue weighted by Crippen LogP contribution is 2.34. The van der Waals surface area contributed by atoms with Gasteiger partial charge in [0, 0.05) is 6.54 Å². The van der Waals surface area contributed by atoms with Gasteiger partial charge in [0.05, 0.1) is 22.0 Å². The normalized spacial score (nSPS) is 11.2. The lowest BCUT2D eigenvalue weighted by atomic mass is 10.2. The summed E-state index contributed by atoms with van der Waals surface area (Å²) in [5.74, 6) is -0.537. The third kappa shape index (κ3) is 5.91. The molecule has 2 aromatic rings. The van der Waals surface area contributed by atoms with Gasteiger partial charge in [0.25, 0.3) is 0 Å². The number of hydrogen-bond donors (Lipinski definition) is 2. The first-order valence-corrected chi connectivity index (χ1v) is 8.95. The molecule has 0 aliphatic rings. The molecule has 2 rings (SSSR count). The Morgan fingerprint density at radius 1 is 1.40 bits per heavy atom. The minimum absolute atomic E-state index is 0.0261. The molecule has 0 saturated carbocycles. The number of anilines is 2. The first-order chi connectivity index (χ1) is 11.8. The average molecular weight is 409 g/mol. The predicted molar refractivity (Wildman–Crippen MR) is 94.4 cm³/mol. The van der Waals surface area contributed by atoms with Crippen molar-refractivity contribution in [1.82, 2.24) is 10.2 Å². The van der Waals surface area contributed by atoms with E-state index >= 15 is 0 Å². The van der Waals surface area contributed by atoms with Gasteiger partial charge in [0.15, 0.2) is 4.34 Å². The Kier molecular flexibility index (Phi) is 6.68. The molecule has 1 heterocycles. The number of hydrogen-bond acceptors (Lipinski definition) is 6. The molecule has 0 spiro atoms. The van der Waals surface area contributed by atoms with Gasteiger partial charge in [-0.05, 0) is 18.2 Å². The number of aromatic nitrogens is 2. The maximum absolute atomic E-state index is 12.7. The summed E-state index contributed by atoms with van der Waals surface area (Å²) >= 11 is 8.21. The molecule has 134 valence electrons. The van der Waals surface area contributed by atoms with Crippen molar-refractivity contribution in [2.45, 2.75) is 10.5 Å². The molecule has 5 nitrogen and oxygen atoms in total. The van der Waals surface area contributed by atoms with Crippen molar-refractivity contribution in [2.75, 3.05) is 22.9 Å². The summed E-state index contributed by atoms with van der Waals surface area (Å²) in [7, 11) is 0. The summed E-state index contributed by atoms with van der Waals surface area (Å²) in [6.45, 7) is 4.10. The van der Waals surface area contributed by atoms with Crippen LogP contribution in [0.15, 0.2) is 35.2 Å². The van der Waals surface area contributed by atoms with Crippen molar-refractivity contribution in [2.24, 2.45) is 0 Å². The van der Waals surface area contributed by atoms with Gasteiger partial charge in [0.2, 0.25) is 11.0 Å². The number of rotatable bonds is 7. The van der Waals surface area contributed by atoms with Gasteiger partial charge in [-0.15, -0.1) is 16.8 Å². The number of thioether (sulfide) groups is 1. The predicted octanol–water partition coefficient (Wildman–Crippen LogP) is 4.54. The highest BCUT2D eigenvalue weighted by molar-refractivity contribution is 8.01. The molecule has 0 unspecified atom stereocenters. The summed E-state index contributed by atoms with van der Waals surface area (Å²) < 4.78 is 38.7. The van der Waals surface area contributed by atoms with Gasteiger partial charge in [-0.1, -0.05) is 40.8 Å². The van der Waals surface area contributed by atoms with Crippen LogP contribution in [-0.4, -0.2) is 28.4 Å². The van der Waals surface area contributed by atoms with E-state index in [0.29, 0.717) is 16.0 Å². The van der Waals surface area contributed by atoms with Gasteiger partial charge in [-0.3, -0.25) is 4.79 Å². The van der Waals surface area contributed by atoms with E-state index < -0.39 is 17.6 Å². The fourth-order valence-corrected chi connectivity index (χ4v) is 3.33. The smallest absolute Gasteiger partial charge is 0.357 e. The number of carbonyl (C=O) groups is 1. The zero-order chi connectivity index (χ0) is 18.4. The van der Waals surface area contributed by atoms with Crippen molar-refractivity contribution in [3.8, 4) is 0 Å². The van der Waals surface area contributed by atoms with Crippen LogP contribution in [0.25, 0.3) is 0 Å². The van der Waals surface area contributed by atoms with Gasteiger partial charge in [-0.25, -0.2) is 0 Å². The van der Waals surface area contributed by atoms with Crippen molar-refractivity contribution in [3.63, 3.8) is 0 Å². The van der Waals surface area contributed by atoms with E-state index in [2.05, 4.69) is 27.4 Å². The molecule has 0 atom stereocenters. The highest BCUT2D eigenvalue weighted by atomic mass is 35.5. The minimum atomic E-state index is -4.51. The third-order valence-electron chi connectivity index (χ3n) is 2.70. The maximum Gasteiger partial charge on any atom is 0.416 e. The molecule has 25 heavy (non-hydrogen) atoms. The number of nitrogens with one attached hydrogen (secondary N) is 2. The summed E-state index contributed by atoms with van der Waals surface area (Å²) in [4.78, 5) is 11.9. The third-order valence-corrected chi connectivity index (χ3v) is 5.04. The molecule has 0 saturated heterocycles. The second-order valence-electron chi connectivity index (χ2n) is 4.57. The summed E-state index contributed by atoms with van der Waals surface area (Å²) in [6.07, 6.45) is -2.85. The molecular formula is C14H12ClF3N4OS2. The SMILES string of the molecule is C=CCNc1nnc(SCC(=O)Nc2cc(C(F)(F)F)ccc2Cl)s1. The van der Waals surface area contributed by atoms with Crippen molar-refractivity contribution in [1.29, 1.82) is 0 Å². The van der Waals surface area contributed by atoms with Gasteiger partial charge in [0.1, 0.15) is 0 Å². The van der Waals surface area contributed by atoms with E-state index in [-0.39, 0.29) is 16.5 Å². The Balaban J connectivity index is 1.94. The molecule has 0 radical (unpaired) electrons. The van der Waals surface area contributed by atoms with Crippen LogP contribution in [0.1, 0.15) is 5.56 Å². The first kappa shape index (κ1) is 19.5. The van der Waals surface area contributed by atoms with Crippen LogP contribution in [0.2, 0.25) is 5.02 Å². The first-order valence-electron chi connectivity index (χ1n) is 6.77. The summed E-state index contributed by atoms with van der Waals surface area (Å²) in [5.41, 5.74) is -0.977. The van der Waals surface area contributed by atoms with E-state index in [4.69, 9.17) is 11.6 Å². The Labute approximate surface area is 154 Å². The fourth-order valence-electron chi connectivity index (χ4n) is 1.61. The van der Waals surface area contributed by atoms with Gasteiger partial charge >= 0.3 is 6.18 Å². The molecule has 0 fully saturated rings. The quantitative estimate of drug-likeness (QED) is 0.520. The lowest BCUT2D eigenvalue weighted by molar-refractivity contribution is -0.137. The zero-order valence-electron chi connectivity index (χ0n) is 12.6. The van der Waals surface area contributed by atoms with Crippen LogP contribution in [0.3, 0.4) is 0 Å². The lowest BCUT2D eigenvalue weighted by Gasteiger charge is -2.11. The van der Waals surface area contributed by atoms with Crippen LogP contribution in [0, 0.1) is 0 Å². The number of alkyl halides is 3. The van der Waals surface area contributed by atoms with Crippen LogP contribution >= 0.6 is 34.7 Å². The van der Waals surface area contributed by atoms with Gasteiger partial charge in [-0.2, -0.15) is 13.2 Å². The molecule has 1 aromatic carbocycles. The number of halogens is 4. The molecule has 2 N–H and O–H groups in total. The van der Waals surface area contributed by atoms with E-state index in [1.807, 2.05) is 0 Å². The number of benzene rings is 1. The maximum atomic E-state index is 12.7. The average Bonchev–Trinajstić information content (AvgIpc) is 3.00. The molecule has 0 aliphatic heterocycles. The van der Waals surface area contributed by atoms with Crippen LogP contribution in [0.4, 0.5) is 24.0 Å². The van der Waals surface area contributed by atoms with E-state index in [1.165, 1.54) is 11.3 Å². The van der Waals surface area contributed by atoms with E-state index in [0.717, 1.165) is 30.0 Å². The van der Waals surface area contributed by atoms with E-state index in [9.17, 15) is 18.0 Å². The number of carbonyl (C=O) groups excluding carboxylic acids is 1. The highest BCUT2D eigenvalue weighted by Gasteiger charge is 2.31. The molecule has 11 heteroatoms. The molecular weight excluding hydrogens is 397 g/mol. The van der Waals surface area contributed by atoms with Crippen molar-refractivity contribution < 1.29 is 18.0 Å². The van der Waals surface area contributed by atoms with Crippen molar-refractivity contribution in [3.05, 3.63) is 41.4 Å². The largest absolute Gasteiger partial charge is 0.416 e. The van der Waals surface area contributed by atoms with Crippen LogP contribution in [-0.2, 0) is 11.0 Å². The molecule has 0 bridgehead atoms. The molecule has 1 amide bonds. The Morgan fingerprint density at radius 3 is 2.84 bits per heavy atom. The Morgan fingerprint density at radius 2 is 2.16 bits per heavy atom. The Bertz CT molecular complexity index is 767. The summed E-state index contributed by atoms with van der Waals surface area (Å²) in [5, 5.41) is 13.7. The monoisotopic (exact) mass is 408 g/mol. The standard InChI is InChI=1S/C14H12ClF3N4OS2/c1-2-5-19-12-21-22-13(25-12)24-7-11(23)20-10-6-8(14(16,17)18)3-4-9(10)15/h2-4,6H,1,5,7H2,(H,19,21)(H,20,23). The Hall–Kier alpha value is -1.78.